The topological polar surface area (TPSA) is 69.6 Å². The van der Waals surface area contributed by atoms with Crippen molar-refractivity contribution in [3.05, 3.63) is 0 Å². The summed E-state index contributed by atoms with van der Waals surface area (Å²) in [7, 11) is 0. The van der Waals surface area contributed by atoms with Gasteiger partial charge in [0.05, 0.1) is 5.92 Å². The lowest BCUT2D eigenvalue weighted by Gasteiger charge is -2.37. The summed E-state index contributed by atoms with van der Waals surface area (Å²) in [5.74, 6) is -1.03. The minimum Gasteiger partial charge on any atom is -0.481 e. The van der Waals surface area contributed by atoms with E-state index in [1.807, 2.05) is 6.92 Å². The number of urea groups is 1. The van der Waals surface area contributed by atoms with E-state index in [-0.39, 0.29) is 18.0 Å². The van der Waals surface area contributed by atoms with Crippen LogP contribution in [0.3, 0.4) is 0 Å². The third-order valence-electron chi connectivity index (χ3n) is 4.42. The van der Waals surface area contributed by atoms with Crippen LogP contribution in [0.15, 0.2) is 0 Å². The molecule has 5 heteroatoms. The lowest BCUT2D eigenvalue weighted by atomic mass is 9.92. The zero-order valence-corrected chi connectivity index (χ0v) is 11.6. The second kappa shape index (κ2) is 6.26. The first-order valence-corrected chi connectivity index (χ1v) is 7.38. The zero-order valence-electron chi connectivity index (χ0n) is 11.6. The van der Waals surface area contributed by atoms with Gasteiger partial charge in [0, 0.05) is 18.6 Å². The Bertz CT molecular complexity index is 340. The number of rotatable bonds is 2. The first kappa shape index (κ1) is 14.2. The largest absolute Gasteiger partial charge is 0.481 e. The number of hydrogen-bond acceptors (Lipinski definition) is 2. The molecule has 2 atom stereocenters. The van der Waals surface area contributed by atoms with E-state index in [1.165, 1.54) is 19.3 Å². The predicted molar refractivity (Wildman–Crippen MR) is 71.9 cm³/mol. The van der Waals surface area contributed by atoms with Crippen molar-refractivity contribution in [3.63, 3.8) is 0 Å². The van der Waals surface area contributed by atoms with Gasteiger partial charge in [-0.3, -0.25) is 4.79 Å². The third kappa shape index (κ3) is 3.61. The fourth-order valence-corrected chi connectivity index (χ4v) is 3.20. The van der Waals surface area contributed by atoms with E-state index in [4.69, 9.17) is 5.11 Å². The van der Waals surface area contributed by atoms with Crippen LogP contribution in [0.4, 0.5) is 4.79 Å². The van der Waals surface area contributed by atoms with Crippen LogP contribution >= 0.6 is 0 Å². The van der Waals surface area contributed by atoms with Crippen LogP contribution in [0.2, 0.25) is 0 Å². The summed E-state index contributed by atoms with van der Waals surface area (Å²) in [5, 5.41) is 12.1. The molecule has 1 saturated heterocycles. The molecule has 1 aliphatic heterocycles. The Hall–Kier alpha value is -1.26. The molecule has 1 aliphatic carbocycles. The average Bonchev–Trinajstić information content (AvgIpc) is 2.39. The molecular weight excluding hydrogens is 244 g/mol. The Morgan fingerprint density at radius 2 is 1.84 bits per heavy atom. The van der Waals surface area contributed by atoms with Gasteiger partial charge in [-0.1, -0.05) is 19.3 Å². The Morgan fingerprint density at radius 3 is 2.42 bits per heavy atom. The van der Waals surface area contributed by atoms with E-state index in [1.54, 1.807) is 4.90 Å². The van der Waals surface area contributed by atoms with Gasteiger partial charge in [-0.25, -0.2) is 4.79 Å². The van der Waals surface area contributed by atoms with Gasteiger partial charge in [0.2, 0.25) is 0 Å². The normalized spacial score (nSPS) is 29.0. The van der Waals surface area contributed by atoms with Crippen molar-refractivity contribution in [2.45, 2.75) is 64.0 Å². The number of likely N-dealkylation sites (tertiary alicyclic amines) is 1. The van der Waals surface area contributed by atoms with Crippen molar-refractivity contribution in [1.82, 2.24) is 10.2 Å². The van der Waals surface area contributed by atoms with Crippen molar-refractivity contribution in [2.24, 2.45) is 5.92 Å². The Morgan fingerprint density at radius 1 is 1.16 bits per heavy atom. The summed E-state index contributed by atoms with van der Waals surface area (Å²) in [6.45, 7) is 2.49. The molecule has 2 aliphatic rings. The molecule has 2 amide bonds. The van der Waals surface area contributed by atoms with Crippen molar-refractivity contribution in [1.29, 1.82) is 0 Å². The first-order valence-electron chi connectivity index (χ1n) is 7.38. The number of amides is 2. The van der Waals surface area contributed by atoms with Gasteiger partial charge in [-0.05, 0) is 32.6 Å². The number of nitrogens with zero attached hydrogens (tertiary/aromatic N) is 1. The molecular formula is C14H24N2O3. The maximum Gasteiger partial charge on any atom is 0.317 e. The number of piperidine rings is 1. The summed E-state index contributed by atoms with van der Waals surface area (Å²) in [6.07, 6.45) is 6.94. The summed E-state index contributed by atoms with van der Waals surface area (Å²) >= 11 is 0. The van der Waals surface area contributed by atoms with E-state index in [9.17, 15) is 9.59 Å². The quantitative estimate of drug-likeness (QED) is 0.806. The maximum atomic E-state index is 12.2. The number of carboxylic acid groups (broad SMARTS) is 1. The molecule has 0 radical (unpaired) electrons. The summed E-state index contributed by atoms with van der Waals surface area (Å²) in [5.41, 5.74) is 0. The second-order valence-corrected chi connectivity index (χ2v) is 5.89. The van der Waals surface area contributed by atoms with E-state index in [2.05, 4.69) is 5.32 Å². The van der Waals surface area contributed by atoms with Gasteiger partial charge in [-0.15, -0.1) is 0 Å². The van der Waals surface area contributed by atoms with Crippen LogP contribution in [-0.2, 0) is 4.79 Å². The minimum atomic E-state index is -0.737. The van der Waals surface area contributed by atoms with E-state index < -0.39 is 5.97 Å². The van der Waals surface area contributed by atoms with Gasteiger partial charge in [-0.2, -0.15) is 0 Å². The molecule has 0 aromatic heterocycles. The fraction of sp³-hybridized carbons (Fsp3) is 0.857. The molecule has 1 saturated carbocycles. The Kier molecular flexibility index (Phi) is 4.66. The molecule has 108 valence electrons. The number of nitrogens with one attached hydrogen (secondary N) is 1. The Balaban J connectivity index is 1.84. The van der Waals surface area contributed by atoms with Crippen LogP contribution < -0.4 is 5.32 Å². The lowest BCUT2D eigenvalue weighted by molar-refractivity contribution is -0.143. The maximum absolute atomic E-state index is 12.2. The van der Waals surface area contributed by atoms with Crippen molar-refractivity contribution in [3.8, 4) is 0 Å². The highest BCUT2D eigenvalue weighted by molar-refractivity contribution is 5.76. The molecule has 0 aromatic rings. The standard InChI is InChI=1S/C14H24N2O3/c1-10-9-11(13(17)18)7-8-16(10)14(19)15-12-5-3-2-4-6-12/h10-12H,2-9H2,1H3,(H,15,19)(H,17,18). The first-order chi connectivity index (χ1) is 9.08. The number of carboxylic acids is 1. The van der Waals surface area contributed by atoms with E-state index in [0.717, 1.165) is 12.8 Å². The Labute approximate surface area is 114 Å². The smallest absolute Gasteiger partial charge is 0.317 e. The minimum absolute atomic E-state index is 0.0109. The number of aliphatic carboxylic acids is 1. The van der Waals surface area contributed by atoms with Gasteiger partial charge < -0.3 is 15.3 Å². The van der Waals surface area contributed by atoms with Crippen LogP contribution in [0, 0.1) is 5.92 Å². The van der Waals surface area contributed by atoms with Crippen LogP contribution in [0.1, 0.15) is 51.9 Å². The lowest BCUT2D eigenvalue weighted by Crippen LogP contribution is -2.52. The van der Waals surface area contributed by atoms with E-state index in [0.29, 0.717) is 25.4 Å². The molecule has 1 heterocycles. The fourth-order valence-electron chi connectivity index (χ4n) is 3.20. The molecule has 2 rings (SSSR count). The van der Waals surface area contributed by atoms with Gasteiger partial charge in [0.1, 0.15) is 0 Å². The van der Waals surface area contributed by atoms with Crippen molar-refractivity contribution >= 4 is 12.0 Å². The summed E-state index contributed by atoms with van der Waals surface area (Å²) in [4.78, 5) is 25.0. The molecule has 0 aromatic carbocycles. The number of carbonyl (C=O) groups is 2. The molecule has 5 nitrogen and oxygen atoms in total. The highest BCUT2D eigenvalue weighted by Gasteiger charge is 2.32. The second-order valence-electron chi connectivity index (χ2n) is 5.89. The molecule has 19 heavy (non-hydrogen) atoms. The van der Waals surface area contributed by atoms with Crippen LogP contribution in [0.5, 0.6) is 0 Å². The average molecular weight is 268 g/mol. The van der Waals surface area contributed by atoms with Gasteiger partial charge in [0.15, 0.2) is 0 Å². The summed E-state index contributed by atoms with van der Waals surface area (Å²) in [6, 6.07) is 0.312. The molecule has 0 spiro atoms. The number of carbonyl (C=O) groups excluding carboxylic acids is 1. The van der Waals surface area contributed by atoms with E-state index >= 15 is 0 Å². The molecule has 0 bridgehead atoms. The number of hydrogen-bond donors (Lipinski definition) is 2. The molecule has 2 fully saturated rings. The van der Waals surface area contributed by atoms with Gasteiger partial charge >= 0.3 is 12.0 Å². The third-order valence-corrected chi connectivity index (χ3v) is 4.42. The molecule has 2 N–H and O–H groups in total. The van der Waals surface area contributed by atoms with Crippen LogP contribution in [0.25, 0.3) is 0 Å². The zero-order chi connectivity index (χ0) is 13.8. The highest BCUT2D eigenvalue weighted by Crippen LogP contribution is 2.24. The SMILES string of the molecule is CC1CC(C(=O)O)CCN1C(=O)NC1CCCCC1. The van der Waals surface area contributed by atoms with Crippen molar-refractivity contribution < 1.29 is 14.7 Å². The monoisotopic (exact) mass is 268 g/mol. The van der Waals surface area contributed by atoms with Crippen molar-refractivity contribution in [2.75, 3.05) is 6.54 Å². The summed E-state index contributed by atoms with van der Waals surface area (Å²) < 4.78 is 0. The van der Waals surface area contributed by atoms with Crippen LogP contribution in [-0.4, -0.2) is 40.6 Å². The predicted octanol–water partition coefficient (Wildman–Crippen LogP) is 2.21. The van der Waals surface area contributed by atoms with Gasteiger partial charge in [0.25, 0.3) is 0 Å². The highest BCUT2D eigenvalue weighted by atomic mass is 16.4. The molecule has 2 unspecified atom stereocenters.